The Labute approximate surface area is 161 Å². The summed E-state index contributed by atoms with van der Waals surface area (Å²) >= 11 is 5.98. The molecule has 2 aromatic heterocycles. The molecular weight excluding hydrogens is 366 g/mol. The summed E-state index contributed by atoms with van der Waals surface area (Å²) in [5.41, 5.74) is 1.19. The normalized spacial score (nSPS) is 18.2. The Morgan fingerprint density at radius 2 is 2.00 bits per heavy atom. The highest BCUT2D eigenvalue weighted by molar-refractivity contribution is 6.30. The minimum absolute atomic E-state index is 0.107. The summed E-state index contributed by atoms with van der Waals surface area (Å²) in [6, 6.07) is 7.63. The molecule has 27 heavy (non-hydrogen) atoms. The SMILES string of the molecule is CC(C)(C)n1ncc2c(=O)[nH]c(N3CCOC(c4ccc(Cl)cc4)C3)nc21. The summed E-state index contributed by atoms with van der Waals surface area (Å²) in [4.78, 5) is 22.2. The number of H-pyrrole nitrogens is 1. The lowest BCUT2D eigenvalue weighted by molar-refractivity contribution is 0.0392. The van der Waals surface area contributed by atoms with Crippen molar-refractivity contribution in [3.63, 3.8) is 0 Å². The Hall–Kier alpha value is -2.38. The van der Waals surface area contributed by atoms with Crippen molar-refractivity contribution in [2.24, 2.45) is 0 Å². The molecule has 4 rings (SSSR count). The van der Waals surface area contributed by atoms with Crippen molar-refractivity contribution in [1.29, 1.82) is 0 Å². The fraction of sp³-hybridized carbons (Fsp3) is 0.421. The molecule has 1 unspecified atom stereocenters. The topological polar surface area (TPSA) is 76.0 Å². The number of aromatic amines is 1. The van der Waals surface area contributed by atoms with E-state index >= 15 is 0 Å². The summed E-state index contributed by atoms with van der Waals surface area (Å²) < 4.78 is 7.70. The number of nitrogens with one attached hydrogen (secondary N) is 1. The quantitative estimate of drug-likeness (QED) is 0.731. The van der Waals surface area contributed by atoms with Gasteiger partial charge in [-0.3, -0.25) is 9.78 Å². The van der Waals surface area contributed by atoms with E-state index < -0.39 is 0 Å². The van der Waals surface area contributed by atoms with Crippen molar-refractivity contribution in [3.05, 3.63) is 51.4 Å². The molecule has 1 aromatic carbocycles. The van der Waals surface area contributed by atoms with E-state index in [1.54, 1.807) is 10.9 Å². The average Bonchev–Trinajstić information content (AvgIpc) is 3.07. The molecule has 1 aliphatic heterocycles. The van der Waals surface area contributed by atoms with Crippen molar-refractivity contribution in [2.75, 3.05) is 24.6 Å². The van der Waals surface area contributed by atoms with E-state index in [0.717, 1.165) is 5.56 Å². The fourth-order valence-electron chi connectivity index (χ4n) is 3.27. The van der Waals surface area contributed by atoms with Gasteiger partial charge in [-0.2, -0.15) is 10.1 Å². The number of nitrogens with zero attached hydrogens (tertiary/aromatic N) is 4. The highest BCUT2D eigenvalue weighted by Crippen LogP contribution is 2.26. The van der Waals surface area contributed by atoms with E-state index in [4.69, 9.17) is 21.3 Å². The van der Waals surface area contributed by atoms with Gasteiger partial charge in [0.25, 0.3) is 5.56 Å². The van der Waals surface area contributed by atoms with Crippen molar-refractivity contribution < 1.29 is 4.74 Å². The first-order chi connectivity index (χ1) is 12.8. The molecule has 0 saturated carbocycles. The largest absolute Gasteiger partial charge is 0.370 e. The van der Waals surface area contributed by atoms with E-state index in [1.807, 2.05) is 49.9 Å². The number of ether oxygens (including phenoxy) is 1. The molecule has 1 atom stereocenters. The molecule has 1 saturated heterocycles. The third-order valence-corrected chi connectivity index (χ3v) is 4.92. The maximum absolute atomic E-state index is 12.6. The van der Waals surface area contributed by atoms with E-state index in [1.165, 1.54) is 0 Å². The van der Waals surface area contributed by atoms with Crippen molar-refractivity contribution >= 4 is 28.6 Å². The van der Waals surface area contributed by atoms with E-state index in [2.05, 4.69) is 10.1 Å². The van der Waals surface area contributed by atoms with Gasteiger partial charge in [0.05, 0.1) is 24.9 Å². The van der Waals surface area contributed by atoms with Crippen LogP contribution in [0.1, 0.15) is 32.4 Å². The summed E-state index contributed by atoms with van der Waals surface area (Å²) in [5, 5.41) is 5.55. The molecular formula is C19H22ClN5O2. The van der Waals surface area contributed by atoms with Crippen molar-refractivity contribution in [3.8, 4) is 0 Å². The Kier molecular flexibility index (Phi) is 4.44. The number of morpholine rings is 1. The lowest BCUT2D eigenvalue weighted by atomic mass is 10.1. The number of fused-ring (bicyclic) bond motifs is 1. The molecule has 3 aromatic rings. The van der Waals surface area contributed by atoms with Gasteiger partial charge in [0.2, 0.25) is 5.95 Å². The van der Waals surface area contributed by atoms with Crippen LogP contribution in [0, 0.1) is 0 Å². The van der Waals surface area contributed by atoms with Gasteiger partial charge in [0.1, 0.15) is 11.5 Å². The monoisotopic (exact) mass is 387 g/mol. The van der Waals surface area contributed by atoms with Crippen LogP contribution in [0.15, 0.2) is 35.3 Å². The Morgan fingerprint density at radius 3 is 2.70 bits per heavy atom. The molecule has 0 bridgehead atoms. The molecule has 0 aliphatic carbocycles. The standard InChI is InChI=1S/C19H22ClN5O2/c1-19(2,3)25-16-14(10-21-25)17(26)23-18(22-16)24-8-9-27-15(11-24)12-4-6-13(20)7-5-12/h4-7,10,15H,8-9,11H2,1-3H3,(H,22,23,26). The van der Waals surface area contributed by atoms with Crippen molar-refractivity contribution in [1.82, 2.24) is 19.7 Å². The van der Waals surface area contributed by atoms with Crippen LogP contribution in [-0.4, -0.2) is 39.4 Å². The minimum Gasteiger partial charge on any atom is -0.370 e. The second-order valence-corrected chi connectivity index (χ2v) is 8.15. The predicted octanol–water partition coefficient (Wildman–Crippen LogP) is 3.11. The summed E-state index contributed by atoms with van der Waals surface area (Å²) in [6.07, 6.45) is 1.47. The number of hydrogen-bond acceptors (Lipinski definition) is 5. The molecule has 1 N–H and O–H groups in total. The highest BCUT2D eigenvalue weighted by atomic mass is 35.5. The van der Waals surface area contributed by atoms with Crippen LogP contribution in [0.2, 0.25) is 5.02 Å². The molecule has 1 aliphatic rings. The van der Waals surface area contributed by atoms with Gasteiger partial charge in [-0.05, 0) is 38.5 Å². The van der Waals surface area contributed by atoms with Crippen LogP contribution in [0.4, 0.5) is 5.95 Å². The number of hydrogen-bond donors (Lipinski definition) is 1. The summed E-state index contributed by atoms with van der Waals surface area (Å²) in [5.74, 6) is 0.542. The first kappa shape index (κ1) is 18.0. The summed E-state index contributed by atoms with van der Waals surface area (Å²) in [7, 11) is 0. The van der Waals surface area contributed by atoms with Crippen LogP contribution in [0.25, 0.3) is 11.0 Å². The van der Waals surface area contributed by atoms with E-state index in [-0.39, 0.29) is 17.2 Å². The molecule has 8 heteroatoms. The lowest BCUT2D eigenvalue weighted by Crippen LogP contribution is -2.40. The van der Waals surface area contributed by atoms with Gasteiger partial charge >= 0.3 is 0 Å². The maximum atomic E-state index is 12.6. The third-order valence-electron chi connectivity index (χ3n) is 4.67. The Balaban J connectivity index is 1.69. The number of aromatic nitrogens is 4. The van der Waals surface area contributed by atoms with Gasteiger partial charge in [-0.1, -0.05) is 23.7 Å². The Morgan fingerprint density at radius 1 is 1.26 bits per heavy atom. The number of halogens is 1. The molecule has 0 radical (unpaired) electrons. The smallest absolute Gasteiger partial charge is 0.263 e. The first-order valence-corrected chi connectivity index (χ1v) is 9.31. The average molecular weight is 388 g/mol. The molecule has 1 fully saturated rings. The van der Waals surface area contributed by atoms with Crippen molar-refractivity contribution in [2.45, 2.75) is 32.4 Å². The van der Waals surface area contributed by atoms with E-state index in [0.29, 0.717) is 41.7 Å². The van der Waals surface area contributed by atoms with Crippen LogP contribution in [0.5, 0.6) is 0 Å². The number of anilines is 1. The van der Waals surface area contributed by atoms with Gasteiger partial charge in [0, 0.05) is 11.6 Å². The highest BCUT2D eigenvalue weighted by Gasteiger charge is 2.26. The zero-order chi connectivity index (χ0) is 19.2. The Bertz CT molecular complexity index is 1020. The minimum atomic E-state index is -0.267. The molecule has 7 nitrogen and oxygen atoms in total. The summed E-state index contributed by atoms with van der Waals surface area (Å²) in [6.45, 7) is 7.91. The third kappa shape index (κ3) is 3.44. The lowest BCUT2D eigenvalue weighted by Gasteiger charge is -2.33. The van der Waals surface area contributed by atoms with Crippen LogP contribution >= 0.6 is 11.6 Å². The fourth-order valence-corrected chi connectivity index (χ4v) is 3.39. The second-order valence-electron chi connectivity index (χ2n) is 7.71. The second kappa shape index (κ2) is 6.65. The van der Waals surface area contributed by atoms with Gasteiger partial charge in [0.15, 0.2) is 5.65 Å². The maximum Gasteiger partial charge on any atom is 0.263 e. The number of benzene rings is 1. The van der Waals surface area contributed by atoms with Crippen LogP contribution < -0.4 is 10.5 Å². The number of rotatable bonds is 2. The first-order valence-electron chi connectivity index (χ1n) is 8.93. The van der Waals surface area contributed by atoms with E-state index in [9.17, 15) is 4.79 Å². The molecule has 0 spiro atoms. The van der Waals surface area contributed by atoms with Gasteiger partial charge < -0.3 is 9.64 Å². The molecule has 142 valence electrons. The molecule has 3 heterocycles. The zero-order valence-corrected chi connectivity index (χ0v) is 16.3. The van der Waals surface area contributed by atoms with Gasteiger partial charge in [-0.25, -0.2) is 4.68 Å². The zero-order valence-electron chi connectivity index (χ0n) is 15.6. The predicted molar refractivity (Wildman–Crippen MR) is 106 cm³/mol. The van der Waals surface area contributed by atoms with Crippen LogP contribution in [0.3, 0.4) is 0 Å². The molecule has 0 amide bonds. The van der Waals surface area contributed by atoms with Crippen LogP contribution in [-0.2, 0) is 10.3 Å². The van der Waals surface area contributed by atoms with Gasteiger partial charge in [-0.15, -0.1) is 0 Å².